The van der Waals surface area contributed by atoms with Crippen molar-refractivity contribution in [2.45, 2.75) is 25.8 Å². The molecule has 1 aliphatic heterocycles. The Labute approximate surface area is 87.1 Å². The van der Waals surface area contributed by atoms with Crippen molar-refractivity contribution in [2.75, 3.05) is 6.54 Å². The van der Waals surface area contributed by atoms with Gasteiger partial charge in [-0.2, -0.15) is 0 Å². The molecular weight excluding hydrogens is 196 g/mol. The van der Waals surface area contributed by atoms with Crippen LogP contribution in [0.3, 0.4) is 0 Å². The fraction of sp³-hybridized carbons (Fsp3) is 0.500. The first-order chi connectivity index (χ1) is 7.08. The number of carbonyl (C=O) groups excluding carboxylic acids is 3. The van der Waals surface area contributed by atoms with Gasteiger partial charge in [0.05, 0.1) is 0 Å². The van der Waals surface area contributed by atoms with Gasteiger partial charge in [-0.1, -0.05) is 0 Å². The molecule has 1 fully saturated rings. The predicted molar refractivity (Wildman–Crippen MR) is 51.6 cm³/mol. The van der Waals surface area contributed by atoms with Gasteiger partial charge in [-0.05, 0) is 19.8 Å². The molecule has 2 aliphatic rings. The van der Waals surface area contributed by atoms with Crippen LogP contribution in [-0.2, 0) is 14.4 Å². The third-order valence-corrected chi connectivity index (χ3v) is 2.43. The molecule has 5 nitrogen and oxygen atoms in total. The van der Waals surface area contributed by atoms with Crippen molar-refractivity contribution < 1.29 is 14.4 Å². The van der Waals surface area contributed by atoms with Crippen LogP contribution in [-0.4, -0.2) is 35.2 Å². The van der Waals surface area contributed by atoms with E-state index in [9.17, 15) is 14.4 Å². The number of carbonyl (C=O) groups is 3. The zero-order chi connectivity index (χ0) is 11.0. The van der Waals surface area contributed by atoms with Crippen molar-refractivity contribution in [2.24, 2.45) is 0 Å². The van der Waals surface area contributed by atoms with Crippen LogP contribution in [0.25, 0.3) is 0 Å². The van der Waals surface area contributed by atoms with E-state index >= 15 is 0 Å². The van der Waals surface area contributed by atoms with Crippen LogP contribution in [0.1, 0.15) is 19.8 Å². The standard InChI is InChI=1S/C10H12N2O3/c1-6-4-9(14)12(10(6)15)5-8(13)11-7-2-3-7/h4,7H,2-3,5H2,1H3,(H,11,13). The molecule has 0 aromatic carbocycles. The van der Waals surface area contributed by atoms with Crippen LogP contribution in [0.2, 0.25) is 0 Å². The monoisotopic (exact) mass is 208 g/mol. The maximum absolute atomic E-state index is 11.4. The molecule has 2 rings (SSSR count). The molecule has 15 heavy (non-hydrogen) atoms. The Morgan fingerprint density at radius 1 is 1.53 bits per heavy atom. The summed E-state index contributed by atoms with van der Waals surface area (Å²) < 4.78 is 0. The van der Waals surface area contributed by atoms with Crippen LogP contribution >= 0.6 is 0 Å². The van der Waals surface area contributed by atoms with Gasteiger partial charge in [0.2, 0.25) is 5.91 Å². The molecular formula is C10H12N2O3. The van der Waals surface area contributed by atoms with Crippen molar-refractivity contribution in [3.63, 3.8) is 0 Å². The van der Waals surface area contributed by atoms with E-state index in [0.717, 1.165) is 17.7 Å². The molecule has 0 bridgehead atoms. The summed E-state index contributed by atoms with van der Waals surface area (Å²) in [6.45, 7) is 1.40. The molecule has 0 aromatic rings. The zero-order valence-electron chi connectivity index (χ0n) is 8.45. The van der Waals surface area contributed by atoms with E-state index in [1.165, 1.54) is 6.08 Å². The topological polar surface area (TPSA) is 66.5 Å². The summed E-state index contributed by atoms with van der Waals surface area (Å²) in [4.78, 5) is 35.0. The van der Waals surface area contributed by atoms with Crippen LogP contribution in [0.4, 0.5) is 0 Å². The summed E-state index contributed by atoms with van der Waals surface area (Å²) in [6, 6.07) is 0.249. The first-order valence-corrected chi connectivity index (χ1v) is 4.91. The summed E-state index contributed by atoms with van der Waals surface area (Å²) in [5.41, 5.74) is 0.388. The quantitative estimate of drug-likeness (QED) is 0.640. The largest absolute Gasteiger partial charge is 0.352 e. The molecule has 1 saturated carbocycles. The lowest BCUT2D eigenvalue weighted by Gasteiger charge is -2.13. The lowest BCUT2D eigenvalue weighted by molar-refractivity contribution is -0.141. The van der Waals surface area contributed by atoms with Gasteiger partial charge in [0, 0.05) is 17.7 Å². The number of hydrogen-bond donors (Lipinski definition) is 1. The third-order valence-electron chi connectivity index (χ3n) is 2.43. The summed E-state index contributed by atoms with van der Waals surface area (Å²) in [5.74, 6) is -1.03. The fourth-order valence-corrected chi connectivity index (χ4v) is 1.43. The molecule has 1 N–H and O–H groups in total. The second kappa shape index (κ2) is 3.49. The highest BCUT2D eigenvalue weighted by atomic mass is 16.2. The molecule has 0 atom stereocenters. The van der Waals surface area contributed by atoms with E-state index in [1.54, 1.807) is 6.92 Å². The maximum atomic E-state index is 11.4. The molecule has 1 heterocycles. The van der Waals surface area contributed by atoms with Crippen molar-refractivity contribution in [1.82, 2.24) is 10.2 Å². The first-order valence-electron chi connectivity index (χ1n) is 4.91. The minimum Gasteiger partial charge on any atom is -0.352 e. The van der Waals surface area contributed by atoms with E-state index in [2.05, 4.69) is 5.32 Å². The van der Waals surface area contributed by atoms with E-state index < -0.39 is 5.91 Å². The van der Waals surface area contributed by atoms with Crippen LogP contribution < -0.4 is 5.32 Å². The molecule has 80 valence electrons. The van der Waals surface area contributed by atoms with E-state index in [-0.39, 0.29) is 24.4 Å². The van der Waals surface area contributed by atoms with Gasteiger partial charge in [0.15, 0.2) is 0 Å². The Morgan fingerprint density at radius 3 is 2.67 bits per heavy atom. The Hall–Kier alpha value is -1.65. The Bertz CT molecular complexity index is 369. The third kappa shape index (κ3) is 2.06. The number of nitrogens with one attached hydrogen (secondary N) is 1. The fourth-order valence-electron chi connectivity index (χ4n) is 1.43. The number of amides is 3. The van der Waals surface area contributed by atoms with Gasteiger partial charge >= 0.3 is 0 Å². The van der Waals surface area contributed by atoms with Gasteiger partial charge < -0.3 is 5.32 Å². The number of rotatable bonds is 3. The van der Waals surface area contributed by atoms with Crippen LogP contribution in [0.5, 0.6) is 0 Å². The molecule has 0 aromatic heterocycles. The first kappa shape index (κ1) is 9.89. The lowest BCUT2D eigenvalue weighted by Crippen LogP contribution is -2.41. The molecule has 3 amide bonds. The van der Waals surface area contributed by atoms with E-state index in [4.69, 9.17) is 0 Å². The van der Waals surface area contributed by atoms with Gasteiger partial charge in [-0.3, -0.25) is 19.3 Å². The lowest BCUT2D eigenvalue weighted by atomic mass is 10.3. The Kier molecular flexibility index (Phi) is 2.30. The van der Waals surface area contributed by atoms with E-state index in [0.29, 0.717) is 5.57 Å². The Balaban J connectivity index is 1.91. The molecule has 1 aliphatic carbocycles. The minimum atomic E-state index is -0.400. The average molecular weight is 208 g/mol. The van der Waals surface area contributed by atoms with Crippen molar-refractivity contribution in [3.8, 4) is 0 Å². The highest BCUT2D eigenvalue weighted by Crippen LogP contribution is 2.18. The summed E-state index contributed by atoms with van der Waals surface area (Å²) in [7, 11) is 0. The second-order valence-corrected chi connectivity index (χ2v) is 3.90. The highest BCUT2D eigenvalue weighted by molar-refractivity contribution is 6.17. The molecule has 0 unspecified atom stereocenters. The highest BCUT2D eigenvalue weighted by Gasteiger charge is 2.31. The maximum Gasteiger partial charge on any atom is 0.257 e. The number of hydrogen-bond acceptors (Lipinski definition) is 3. The van der Waals surface area contributed by atoms with Gasteiger partial charge in [0.25, 0.3) is 11.8 Å². The average Bonchev–Trinajstić information content (AvgIpc) is 2.92. The SMILES string of the molecule is CC1=CC(=O)N(CC(=O)NC2CC2)C1=O. The molecule has 0 saturated heterocycles. The summed E-state index contributed by atoms with van der Waals surface area (Å²) in [6.07, 6.45) is 3.24. The van der Waals surface area contributed by atoms with Crippen molar-refractivity contribution >= 4 is 17.7 Å². The predicted octanol–water partition coefficient (Wildman–Crippen LogP) is -0.420. The van der Waals surface area contributed by atoms with Crippen molar-refractivity contribution in [3.05, 3.63) is 11.6 Å². The van der Waals surface area contributed by atoms with Gasteiger partial charge in [-0.15, -0.1) is 0 Å². The smallest absolute Gasteiger partial charge is 0.257 e. The van der Waals surface area contributed by atoms with Gasteiger partial charge in [0.1, 0.15) is 6.54 Å². The normalized spacial score (nSPS) is 20.6. The Morgan fingerprint density at radius 2 is 2.20 bits per heavy atom. The van der Waals surface area contributed by atoms with Crippen LogP contribution in [0.15, 0.2) is 11.6 Å². The minimum absolute atomic E-state index is 0.165. The summed E-state index contributed by atoms with van der Waals surface area (Å²) in [5, 5.41) is 2.73. The zero-order valence-corrected chi connectivity index (χ0v) is 8.45. The van der Waals surface area contributed by atoms with Gasteiger partial charge in [-0.25, -0.2) is 0 Å². The molecule has 0 radical (unpaired) electrons. The number of nitrogens with zero attached hydrogens (tertiary/aromatic N) is 1. The summed E-state index contributed by atoms with van der Waals surface area (Å²) >= 11 is 0. The second-order valence-electron chi connectivity index (χ2n) is 3.90. The molecule has 0 spiro atoms. The van der Waals surface area contributed by atoms with Crippen LogP contribution in [0, 0.1) is 0 Å². The van der Waals surface area contributed by atoms with E-state index in [1.807, 2.05) is 0 Å². The molecule has 5 heteroatoms. The van der Waals surface area contributed by atoms with Crippen molar-refractivity contribution in [1.29, 1.82) is 0 Å². The number of imide groups is 1.